The SMILES string of the molecule is CCS(=O)(=O)c1c(C)ncnc1Cl. The van der Waals surface area contributed by atoms with Crippen LogP contribution >= 0.6 is 11.6 Å². The van der Waals surface area contributed by atoms with Gasteiger partial charge in [0.2, 0.25) is 0 Å². The molecular weight excluding hydrogens is 212 g/mol. The van der Waals surface area contributed by atoms with Crippen LogP contribution in [0, 0.1) is 6.92 Å². The molecule has 0 amide bonds. The molecule has 0 N–H and O–H groups in total. The summed E-state index contributed by atoms with van der Waals surface area (Å²) in [5.41, 5.74) is 0.391. The van der Waals surface area contributed by atoms with Crippen molar-refractivity contribution < 1.29 is 8.42 Å². The highest BCUT2D eigenvalue weighted by Gasteiger charge is 2.19. The molecule has 0 aromatic carbocycles. The average Bonchev–Trinajstić information content (AvgIpc) is 2.03. The fourth-order valence-corrected chi connectivity index (χ4v) is 2.56. The Bertz CT molecular complexity index is 396. The van der Waals surface area contributed by atoms with Crippen LogP contribution in [0.2, 0.25) is 5.15 Å². The van der Waals surface area contributed by atoms with Crippen LogP contribution in [0.25, 0.3) is 0 Å². The molecule has 0 atom stereocenters. The van der Waals surface area contributed by atoms with E-state index in [9.17, 15) is 8.42 Å². The van der Waals surface area contributed by atoms with Gasteiger partial charge in [-0.3, -0.25) is 0 Å². The predicted octanol–water partition coefficient (Wildman–Crippen LogP) is 1.23. The first-order valence-corrected chi connectivity index (χ1v) is 5.72. The molecule has 0 unspecified atom stereocenters. The maximum Gasteiger partial charge on any atom is 0.182 e. The Morgan fingerprint density at radius 1 is 1.46 bits per heavy atom. The smallest absolute Gasteiger partial charge is 0.182 e. The van der Waals surface area contributed by atoms with E-state index in [1.54, 1.807) is 13.8 Å². The van der Waals surface area contributed by atoms with E-state index in [1.807, 2.05) is 0 Å². The number of hydrogen-bond acceptors (Lipinski definition) is 4. The highest BCUT2D eigenvalue weighted by molar-refractivity contribution is 7.91. The average molecular weight is 221 g/mol. The molecule has 1 rings (SSSR count). The standard InChI is InChI=1S/C7H9ClN2O2S/c1-3-13(11,12)6-5(2)9-4-10-7(6)8/h4H,3H2,1-2H3. The molecular formula is C7H9ClN2O2S. The molecule has 1 aromatic heterocycles. The van der Waals surface area contributed by atoms with Crippen LogP contribution in [0.1, 0.15) is 12.6 Å². The highest BCUT2D eigenvalue weighted by atomic mass is 35.5. The Morgan fingerprint density at radius 3 is 2.54 bits per heavy atom. The molecule has 0 aliphatic heterocycles. The minimum absolute atomic E-state index is 0.000926. The van der Waals surface area contributed by atoms with Crippen LogP contribution < -0.4 is 0 Å². The Labute approximate surface area is 81.9 Å². The van der Waals surface area contributed by atoms with Gasteiger partial charge in [-0.1, -0.05) is 18.5 Å². The summed E-state index contributed by atoms with van der Waals surface area (Å²) >= 11 is 5.66. The van der Waals surface area contributed by atoms with Crippen molar-refractivity contribution in [3.05, 3.63) is 17.2 Å². The van der Waals surface area contributed by atoms with Gasteiger partial charge in [0.15, 0.2) is 15.0 Å². The normalized spacial score (nSPS) is 11.6. The van der Waals surface area contributed by atoms with Crippen LogP contribution in [0.5, 0.6) is 0 Å². The molecule has 6 heteroatoms. The van der Waals surface area contributed by atoms with Crippen molar-refractivity contribution in [3.8, 4) is 0 Å². The Balaban J connectivity index is 3.46. The maximum atomic E-state index is 11.5. The lowest BCUT2D eigenvalue weighted by molar-refractivity contribution is 0.595. The Hall–Kier alpha value is -0.680. The van der Waals surface area contributed by atoms with Crippen molar-refractivity contribution >= 4 is 21.4 Å². The molecule has 0 spiro atoms. The summed E-state index contributed by atoms with van der Waals surface area (Å²) in [7, 11) is -3.32. The van der Waals surface area contributed by atoms with E-state index >= 15 is 0 Å². The molecule has 0 saturated heterocycles. The van der Waals surface area contributed by atoms with Crippen molar-refractivity contribution in [1.29, 1.82) is 0 Å². The lowest BCUT2D eigenvalue weighted by Gasteiger charge is -2.04. The zero-order chi connectivity index (χ0) is 10.1. The van der Waals surface area contributed by atoms with E-state index in [4.69, 9.17) is 11.6 Å². The molecule has 1 heterocycles. The first kappa shape index (κ1) is 10.4. The molecule has 13 heavy (non-hydrogen) atoms. The first-order valence-electron chi connectivity index (χ1n) is 3.69. The topological polar surface area (TPSA) is 59.9 Å². The number of rotatable bonds is 2. The quantitative estimate of drug-likeness (QED) is 0.704. The van der Waals surface area contributed by atoms with Crippen molar-refractivity contribution in [2.45, 2.75) is 18.7 Å². The molecule has 72 valence electrons. The summed E-state index contributed by atoms with van der Waals surface area (Å²) in [6.45, 7) is 3.15. The minimum atomic E-state index is -3.32. The summed E-state index contributed by atoms with van der Waals surface area (Å²) in [4.78, 5) is 7.45. The number of hydrogen-bond donors (Lipinski definition) is 0. The van der Waals surface area contributed by atoms with Gasteiger partial charge in [0, 0.05) is 0 Å². The zero-order valence-corrected chi connectivity index (χ0v) is 8.85. The summed E-state index contributed by atoms with van der Waals surface area (Å²) in [6, 6.07) is 0. The monoisotopic (exact) mass is 220 g/mol. The van der Waals surface area contributed by atoms with Gasteiger partial charge in [0.05, 0.1) is 11.4 Å². The second-order valence-corrected chi connectivity index (χ2v) is 5.06. The van der Waals surface area contributed by atoms with Crippen molar-refractivity contribution in [1.82, 2.24) is 9.97 Å². The third-order valence-electron chi connectivity index (χ3n) is 1.63. The molecule has 4 nitrogen and oxygen atoms in total. The van der Waals surface area contributed by atoms with Gasteiger partial charge in [0.1, 0.15) is 11.2 Å². The van der Waals surface area contributed by atoms with Gasteiger partial charge < -0.3 is 0 Å². The van der Waals surface area contributed by atoms with E-state index in [0.29, 0.717) is 5.69 Å². The largest absolute Gasteiger partial charge is 0.240 e. The van der Waals surface area contributed by atoms with Gasteiger partial charge in [-0.25, -0.2) is 18.4 Å². The highest BCUT2D eigenvalue weighted by Crippen LogP contribution is 2.21. The van der Waals surface area contributed by atoms with Gasteiger partial charge in [-0.05, 0) is 6.92 Å². The fourth-order valence-electron chi connectivity index (χ4n) is 0.930. The molecule has 0 fully saturated rings. The third-order valence-corrected chi connectivity index (χ3v) is 3.90. The number of aryl methyl sites for hydroxylation is 1. The van der Waals surface area contributed by atoms with E-state index in [1.165, 1.54) is 6.33 Å². The Morgan fingerprint density at radius 2 is 2.08 bits per heavy atom. The van der Waals surface area contributed by atoms with Crippen molar-refractivity contribution in [2.75, 3.05) is 5.75 Å². The van der Waals surface area contributed by atoms with Gasteiger partial charge in [0.25, 0.3) is 0 Å². The fraction of sp³-hybridized carbons (Fsp3) is 0.429. The number of halogens is 1. The van der Waals surface area contributed by atoms with Gasteiger partial charge in [-0.15, -0.1) is 0 Å². The lowest BCUT2D eigenvalue weighted by Crippen LogP contribution is -2.08. The lowest BCUT2D eigenvalue weighted by atomic mass is 10.5. The van der Waals surface area contributed by atoms with Crippen molar-refractivity contribution in [3.63, 3.8) is 0 Å². The van der Waals surface area contributed by atoms with Crippen molar-refractivity contribution in [2.24, 2.45) is 0 Å². The molecule has 0 aliphatic rings. The van der Waals surface area contributed by atoms with Crippen LogP contribution in [0.15, 0.2) is 11.2 Å². The van der Waals surface area contributed by atoms with Crippen LogP contribution in [-0.2, 0) is 9.84 Å². The molecule has 0 radical (unpaired) electrons. The second kappa shape index (κ2) is 3.59. The van der Waals surface area contributed by atoms with E-state index in [2.05, 4.69) is 9.97 Å². The first-order chi connectivity index (χ1) is 5.99. The van der Waals surface area contributed by atoms with E-state index in [-0.39, 0.29) is 15.8 Å². The van der Waals surface area contributed by atoms with E-state index in [0.717, 1.165) is 0 Å². The van der Waals surface area contributed by atoms with Crippen LogP contribution in [-0.4, -0.2) is 24.1 Å². The number of aromatic nitrogens is 2. The summed E-state index contributed by atoms with van der Waals surface area (Å²) < 4.78 is 23.0. The maximum absolute atomic E-state index is 11.5. The van der Waals surface area contributed by atoms with Gasteiger partial charge >= 0.3 is 0 Å². The minimum Gasteiger partial charge on any atom is -0.240 e. The van der Waals surface area contributed by atoms with Crippen LogP contribution in [0.4, 0.5) is 0 Å². The third kappa shape index (κ3) is 1.97. The Kier molecular flexibility index (Phi) is 2.87. The summed E-state index contributed by atoms with van der Waals surface area (Å²) in [6.07, 6.45) is 1.24. The van der Waals surface area contributed by atoms with Gasteiger partial charge in [-0.2, -0.15) is 0 Å². The second-order valence-electron chi connectivity index (χ2n) is 2.48. The summed E-state index contributed by atoms with van der Waals surface area (Å²) in [5.74, 6) is 0.000926. The predicted molar refractivity (Wildman–Crippen MR) is 49.5 cm³/mol. The van der Waals surface area contributed by atoms with E-state index < -0.39 is 9.84 Å². The van der Waals surface area contributed by atoms with Crippen LogP contribution in [0.3, 0.4) is 0 Å². The molecule has 0 saturated carbocycles. The molecule has 0 aliphatic carbocycles. The zero-order valence-electron chi connectivity index (χ0n) is 7.28. The molecule has 0 bridgehead atoms. The number of nitrogens with zero attached hydrogens (tertiary/aromatic N) is 2. The molecule has 1 aromatic rings. The number of sulfone groups is 1. The summed E-state index contributed by atoms with van der Waals surface area (Å²) in [5, 5.41) is -0.00523.